The molecule has 3 aromatic carbocycles. The minimum absolute atomic E-state index is 0.242. The maximum atomic E-state index is 10.9. The molecule has 0 saturated heterocycles. The Hall–Kier alpha value is -3.57. The van der Waals surface area contributed by atoms with Crippen LogP contribution in [0, 0.1) is 12.8 Å². The zero-order valence-corrected chi connectivity index (χ0v) is 19.2. The zero-order valence-electron chi connectivity index (χ0n) is 19.2. The first-order valence-electron chi connectivity index (χ1n) is 12.0. The van der Waals surface area contributed by atoms with Crippen molar-refractivity contribution in [3.63, 3.8) is 0 Å². The maximum Gasteiger partial charge on any atom is 0.258 e. The summed E-state index contributed by atoms with van der Waals surface area (Å²) in [6.07, 6.45) is 5.14. The quantitative estimate of drug-likeness (QED) is 0.369. The van der Waals surface area contributed by atoms with E-state index in [1.54, 1.807) is 0 Å². The summed E-state index contributed by atoms with van der Waals surface area (Å²) < 4.78 is 5.64. The summed E-state index contributed by atoms with van der Waals surface area (Å²) >= 11 is 0. The number of fused-ring (bicyclic) bond motifs is 1. The second-order valence-corrected chi connectivity index (χ2v) is 9.55. The molecular formula is C29H27N3O2. The molecule has 0 unspecified atom stereocenters. The van der Waals surface area contributed by atoms with Crippen LogP contribution in [0.3, 0.4) is 0 Å². The van der Waals surface area contributed by atoms with Crippen molar-refractivity contribution in [1.29, 1.82) is 0 Å². The molecule has 170 valence electrons. The molecule has 0 radical (unpaired) electrons. The first kappa shape index (κ1) is 21.0. The van der Waals surface area contributed by atoms with Gasteiger partial charge >= 0.3 is 0 Å². The molecule has 1 atom stereocenters. The van der Waals surface area contributed by atoms with Crippen LogP contribution in [0.2, 0.25) is 0 Å². The monoisotopic (exact) mass is 449 g/mol. The number of carbonyl (C=O) groups is 1. The van der Waals surface area contributed by atoms with E-state index >= 15 is 0 Å². The first-order valence-corrected chi connectivity index (χ1v) is 12.0. The molecule has 2 aliphatic rings. The number of hydrogen-bond acceptors (Lipinski definition) is 5. The summed E-state index contributed by atoms with van der Waals surface area (Å²) in [6.45, 7) is 2.11. The largest absolute Gasteiger partial charge is 0.334 e. The van der Waals surface area contributed by atoms with Gasteiger partial charge in [-0.25, -0.2) is 0 Å². The predicted molar refractivity (Wildman–Crippen MR) is 132 cm³/mol. The Bertz CT molecular complexity index is 1340. The SMILES string of the molecule is Cc1cc(-c2nc(-c3ccc4c(c3)CC[C@H]4NC3CC(C=O)C3)no2)ccc1-c1ccccc1. The Morgan fingerprint density at radius 1 is 0.971 bits per heavy atom. The molecule has 1 fully saturated rings. The van der Waals surface area contributed by atoms with Crippen molar-refractivity contribution in [2.75, 3.05) is 0 Å². The standard InChI is InChI=1S/C29H27N3O2/c1-18-13-23(8-10-25(18)20-5-3-2-4-6-20)29-31-28(32-34-29)22-7-11-26-21(16-22)9-12-27(26)30-24-14-19(15-24)17-33/h2-8,10-11,13,16-17,19,24,27,30H,9,12,14-15H2,1H3/t19?,24?,27-/m1/s1. The molecule has 0 spiro atoms. The van der Waals surface area contributed by atoms with E-state index in [1.807, 2.05) is 12.1 Å². The molecule has 5 heteroatoms. The summed E-state index contributed by atoms with van der Waals surface area (Å²) in [5, 5.41) is 8.00. The molecular weight excluding hydrogens is 422 g/mol. The smallest absolute Gasteiger partial charge is 0.258 e. The van der Waals surface area contributed by atoms with Crippen LogP contribution in [-0.2, 0) is 11.2 Å². The van der Waals surface area contributed by atoms with Crippen molar-refractivity contribution >= 4 is 6.29 Å². The topological polar surface area (TPSA) is 68.0 Å². The molecule has 34 heavy (non-hydrogen) atoms. The van der Waals surface area contributed by atoms with Gasteiger partial charge in [-0.05, 0) is 78.6 Å². The van der Waals surface area contributed by atoms with Crippen LogP contribution < -0.4 is 5.32 Å². The van der Waals surface area contributed by atoms with Gasteiger partial charge in [-0.3, -0.25) is 0 Å². The van der Waals surface area contributed by atoms with E-state index in [1.165, 1.54) is 27.8 Å². The van der Waals surface area contributed by atoms with Gasteiger partial charge in [0.15, 0.2) is 0 Å². The lowest BCUT2D eigenvalue weighted by molar-refractivity contribution is -0.113. The average molecular weight is 450 g/mol. The number of rotatable bonds is 6. The summed E-state index contributed by atoms with van der Waals surface area (Å²) in [5.74, 6) is 1.39. The third kappa shape index (κ3) is 3.86. The minimum atomic E-state index is 0.242. The number of nitrogens with zero attached hydrogens (tertiary/aromatic N) is 2. The Balaban J connectivity index is 1.20. The van der Waals surface area contributed by atoms with Gasteiger partial charge in [0.1, 0.15) is 6.29 Å². The lowest BCUT2D eigenvalue weighted by Crippen LogP contribution is -2.43. The molecule has 1 N–H and O–H groups in total. The van der Waals surface area contributed by atoms with Crippen LogP contribution in [0.1, 0.15) is 42.0 Å². The van der Waals surface area contributed by atoms with Crippen LogP contribution in [-0.4, -0.2) is 22.5 Å². The summed E-state index contributed by atoms with van der Waals surface area (Å²) in [7, 11) is 0. The summed E-state index contributed by atoms with van der Waals surface area (Å²) in [4.78, 5) is 15.6. The molecule has 2 aliphatic carbocycles. The van der Waals surface area contributed by atoms with Crippen molar-refractivity contribution in [2.24, 2.45) is 5.92 Å². The average Bonchev–Trinajstić information content (AvgIpc) is 3.49. The van der Waals surface area contributed by atoms with Crippen molar-refractivity contribution in [1.82, 2.24) is 15.5 Å². The third-order valence-corrected chi connectivity index (χ3v) is 7.27. The number of carbonyl (C=O) groups excluding carboxylic acids is 1. The molecule has 1 aromatic heterocycles. The highest BCUT2D eigenvalue weighted by Crippen LogP contribution is 2.37. The van der Waals surface area contributed by atoms with Gasteiger partial charge in [-0.15, -0.1) is 0 Å². The van der Waals surface area contributed by atoms with Crippen molar-refractivity contribution in [3.05, 3.63) is 83.4 Å². The van der Waals surface area contributed by atoms with Crippen LogP contribution in [0.5, 0.6) is 0 Å². The van der Waals surface area contributed by atoms with E-state index in [-0.39, 0.29) is 5.92 Å². The van der Waals surface area contributed by atoms with Crippen LogP contribution in [0.4, 0.5) is 0 Å². The number of aromatic nitrogens is 2. The highest BCUT2D eigenvalue weighted by Gasteiger charge is 2.32. The van der Waals surface area contributed by atoms with Gasteiger partial charge in [-0.1, -0.05) is 53.7 Å². The van der Waals surface area contributed by atoms with Crippen molar-refractivity contribution in [2.45, 2.75) is 44.7 Å². The van der Waals surface area contributed by atoms with Crippen LogP contribution in [0.25, 0.3) is 34.0 Å². The number of benzene rings is 3. The molecule has 0 aliphatic heterocycles. The number of aryl methyl sites for hydroxylation is 2. The van der Waals surface area contributed by atoms with Gasteiger partial charge < -0.3 is 14.6 Å². The van der Waals surface area contributed by atoms with E-state index in [0.717, 1.165) is 43.1 Å². The minimum Gasteiger partial charge on any atom is -0.334 e. The fourth-order valence-electron chi connectivity index (χ4n) is 5.32. The van der Waals surface area contributed by atoms with E-state index in [9.17, 15) is 4.79 Å². The third-order valence-electron chi connectivity index (χ3n) is 7.27. The molecule has 5 nitrogen and oxygen atoms in total. The Morgan fingerprint density at radius 2 is 1.79 bits per heavy atom. The van der Waals surface area contributed by atoms with E-state index in [4.69, 9.17) is 9.51 Å². The van der Waals surface area contributed by atoms with Gasteiger partial charge in [0, 0.05) is 29.1 Å². The first-order chi connectivity index (χ1) is 16.7. The molecule has 4 aromatic rings. The van der Waals surface area contributed by atoms with E-state index in [0.29, 0.717) is 23.8 Å². The van der Waals surface area contributed by atoms with Crippen LogP contribution in [0.15, 0.2) is 71.3 Å². The second kappa shape index (κ2) is 8.65. The summed E-state index contributed by atoms with van der Waals surface area (Å²) in [5.41, 5.74) is 8.18. The van der Waals surface area contributed by atoms with Gasteiger partial charge in [0.25, 0.3) is 5.89 Å². The highest BCUT2D eigenvalue weighted by molar-refractivity contribution is 5.71. The van der Waals surface area contributed by atoms with Gasteiger partial charge in [0.2, 0.25) is 5.82 Å². The molecule has 1 heterocycles. The second-order valence-electron chi connectivity index (χ2n) is 9.55. The molecule has 1 saturated carbocycles. The fourth-order valence-corrected chi connectivity index (χ4v) is 5.32. The zero-order chi connectivity index (χ0) is 23.1. The van der Waals surface area contributed by atoms with Gasteiger partial charge in [0.05, 0.1) is 0 Å². The number of nitrogens with one attached hydrogen (secondary N) is 1. The molecule has 0 amide bonds. The van der Waals surface area contributed by atoms with E-state index < -0.39 is 0 Å². The Kier molecular flexibility index (Phi) is 5.34. The lowest BCUT2D eigenvalue weighted by Gasteiger charge is -2.35. The van der Waals surface area contributed by atoms with Crippen LogP contribution >= 0.6 is 0 Å². The Morgan fingerprint density at radius 3 is 2.59 bits per heavy atom. The van der Waals surface area contributed by atoms with Crippen molar-refractivity contribution < 1.29 is 9.32 Å². The van der Waals surface area contributed by atoms with Gasteiger partial charge in [-0.2, -0.15) is 4.98 Å². The van der Waals surface area contributed by atoms with Crippen molar-refractivity contribution in [3.8, 4) is 34.0 Å². The normalized spacial score (nSPS) is 21.1. The van der Waals surface area contributed by atoms with E-state index in [2.05, 4.69) is 72.0 Å². The maximum absolute atomic E-state index is 10.9. The fraction of sp³-hybridized carbons (Fsp3) is 0.276. The lowest BCUT2D eigenvalue weighted by atomic mass is 9.81. The highest BCUT2D eigenvalue weighted by atomic mass is 16.5. The summed E-state index contributed by atoms with van der Waals surface area (Å²) in [6, 6.07) is 24.0. The Labute approximate surface area is 199 Å². The number of aldehydes is 1. The predicted octanol–water partition coefficient (Wildman–Crippen LogP) is 5.93. The number of hydrogen-bond donors (Lipinski definition) is 1. The molecule has 6 rings (SSSR count). The molecule has 0 bridgehead atoms.